The number of unbranched alkanes of at least 4 members (excludes halogenated alkanes) is 3. The molecule has 0 nitrogen and oxygen atoms in total. The van der Waals surface area contributed by atoms with E-state index in [1.165, 1.54) is 44.9 Å². The normalized spacial score (nSPS) is 13.2. The fourth-order valence-electron chi connectivity index (χ4n) is 1.60. The van der Waals surface area contributed by atoms with Crippen molar-refractivity contribution in [2.45, 2.75) is 65.7 Å². The van der Waals surface area contributed by atoms with Crippen molar-refractivity contribution in [3.05, 3.63) is 6.42 Å². The molecular formula is C12H25. The molecule has 0 aromatic carbocycles. The second kappa shape index (κ2) is 9.09. The largest absolute Gasteiger partial charge is 0.0654 e. The van der Waals surface area contributed by atoms with E-state index in [9.17, 15) is 0 Å². The van der Waals surface area contributed by atoms with Crippen LogP contribution in [-0.2, 0) is 0 Å². The van der Waals surface area contributed by atoms with Crippen LogP contribution in [0.15, 0.2) is 0 Å². The second-order valence-corrected chi connectivity index (χ2v) is 3.69. The lowest BCUT2D eigenvalue weighted by Crippen LogP contribution is -1.98. The molecule has 73 valence electrons. The van der Waals surface area contributed by atoms with Gasteiger partial charge in [0.15, 0.2) is 0 Å². The highest BCUT2D eigenvalue weighted by Gasteiger charge is 2.04. The summed E-state index contributed by atoms with van der Waals surface area (Å²) < 4.78 is 0. The van der Waals surface area contributed by atoms with Gasteiger partial charge in [-0.15, -0.1) is 0 Å². The van der Waals surface area contributed by atoms with Crippen LogP contribution in [0.4, 0.5) is 0 Å². The Morgan fingerprint density at radius 3 is 2.33 bits per heavy atom. The van der Waals surface area contributed by atoms with Crippen LogP contribution in [-0.4, -0.2) is 0 Å². The maximum absolute atomic E-state index is 2.41. The first kappa shape index (κ1) is 12.0. The van der Waals surface area contributed by atoms with Gasteiger partial charge in [-0.1, -0.05) is 59.3 Å². The summed E-state index contributed by atoms with van der Waals surface area (Å²) in [4.78, 5) is 0. The molecule has 0 spiro atoms. The standard InChI is InChI=1S/C12H25/c1-4-7-9-11-12(6-3)10-8-5-2/h7,12H,4-6,8-11H2,1-3H3. The second-order valence-electron chi connectivity index (χ2n) is 3.69. The Morgan fingerprint density at radius 1 is 1.08 bits per heavy atom. The molecule has 0 heteroatoms. The zero-order valence-electron chi connectivity index (χ0n) is 9.10. The van der Waals surface area contributed by atoms with Gasteiger partial charge < -0.3 is 0 Å². The zero-order valence-corrected chi connectivity index (χ0v) is 9.10. The van der Waals surface area contributed by atoms with Crippen LogP contribution in [0.25, 0.3) is 0 Å². The smallest absolute Gasteiger partial charge is 0.0388 e. The van der Waals surface area contributed by atoms with E-state index in [1.807, 2.05) is 0 Å². The van der Waals surface area contributed by atoms with Crippen molar-refractivity contribution in [1.29, 1.82) is 0 Å². The van der Waals surface area contributed by atoms with Crippen LogP contribution in [0.1, 0.15) is 65.7 Å². The zero-order chi connectivity index (χ0) is 9.23. The molecule has 0 aliphatic rings. The van der Waals surface area contributed by atoms with E-state index >= 15 is 0 Å². The van der Waals surface area contributed by atoms with Crippen molar-refractivity contribution < 1.29 is 0 Å². The third kappa shape index (κ3) is 6.69. The predicted molar refractivity (Wildman–Crippen MR) is 57.1 cm³/mol. The predicted octanol–water partition coefficient (Wildman–Crippen LogP) is 4.60. The van der Waals surface area contributed by atoms with Crippen LogP contribution in [0.3, 0.4) is 0 Å². The van der Waals surface area contributed by atoms with E-state index in [1.54, 1.807) is 0 Å². The van der Waals surface area contributed by atoms with Gasteiger partial charge in [0.05, 0.1) is 0 Å². The molecule has 1 radical (unpaired) electrons. The molecule has 0 aliphatic carbocycles. The molecule has 0 aromatic heterocycles. The number of rotatable bonds is 8. The van der Waals surface area contributed by atoms with Crippen molar-refractivity contribution in [3.63, 3.8) is 0 Å². The molecule has 12 heavy (non-hydrogen) atoms. The summed E-state index contributed by atoms with van der Waals surface area (Å²) in [6.07, 6.45) is 12.0. The lowest BCUT2D eigenvalue weighted by atomic mass is 9.93. The molecule has 0 heterocycles. The van der Waals surface area contributed by atoms with E-state index in [0.717, 1.165) is 5.92 Å². The average molecular weight is 169 g/mol. The molecule has 0 N–H and O–H groups in total. The molecule has 0 amide bonds. The Kier molecular flexibility index (Phi) is 9.09. The molecule has 0 bridgehead atoms. The van der Waals surface area contributed by atoms with Crippen LogP contribution in [0, 0.1) is 12.3 Å². The van der Waals surface area contributed by atoms with Crippen LogP contribution < -0.4 is 0 Å². The Bertz CT molecular complexity index is 76.1. The van der Waals surface area contributed by atoms with Crippen molar-refractivity contribution in [1.82, 2.24) is 0 Å². The first-order valence-electron chi connectivity index (χ1n) is 5.66. The van der Waals surface area contributed by atoms with Crippen molar-refractivity contribution in [2.75, 3.05) is 0 Å². The highest BCUT2D eigenvalue weighted by Crippen LogP contribution is 2.19. The van der Waals surface area contributed by atoms with E-state index in [-0.39, 0.29) is 0 Å². The van der Waals surface area contributed by atoms with Crippen LogP contribution in [0.2, 0.25) is 0 Å². The molecule has 0 rings (SSSR count). The van der Waals surface area contributed by atoms with Gasteiger partial charge in [-0.2, -0.15) is 0 Å². The van der Waals surface area contributed by atoms with Gasteiger partial charge in [0.2, 0.25) is 0 Å². The van der Waals surface area contributed by atoms with Gasteiger partial charge >= 0.3 is 0 Å². The summed E-state index contributed by atoms with van der Waals surface area (Å²) in [5.41, 5.74) is 0. The van der Waals surface area contributed by atoms with E-state index in [0.29, 0.717) is 0 Å². The fourth-order valence-corrected chi connectivity index (χ4v) is 1.60. The number of hydrogen-bond donors (Lipinski definition) is 0. The Morgan fingerprint density at radius 2 is 1.83 bits per heavy atom. The van der Waals surface area contributed by atoms with Gasteiger partial charge in [-0.05, 0) is 18.8 Å². The Hall–Kier alpha value is 0. The summed E-state index contributed by atoms with van der Waals surface area (Å²) in [5.74, 6) is 0.993. The third-order valence-electron chi connectivity index (χ3n) is 2.61. The summed E-state index contributed by atoms with van der Waals surface area (Å²) in [5, 5.41) is 0. The maximum Gasteiger partial charge on any atom is -0.0388 e. The lowest BCUT2D eigenvalue weighted by Gasteiger charge is -2.13. The first-order valence-corrected chi connectivity index (χ1v) is 5.66. The molecule has 1 atom stereocenters. The lowest BCUT2D eigenvalue weighted by molar-refractivity contribution is 0.419. The topological polar surface area (TPSA) is 0 Å². The van der Waals surface area contributed by atoms with Crippen LogP contribution in [0.5, 0.6) is 0 Å². The SMILES string of the molecule is CC[CH]CCC(CC)CCCC. The van der Waals surface area contributed by atoms with Crippen molar-refractivity contribution in [2.24, 2.45) is 5.92 Å². The van der Waals surface area contributed by atoms with Gasteiger partial charge in [0.1, 0.15) is 0 Å². The first-order chi connectivity index (χ1) is 5.85. The van der Waals surface area contributed by atoms with E-state index < -0.39 is 0 Å². The highest BCUT2D eigenvalue weighted by atomic mass is 14.1. The minimum Gasteiger partial charge on any atom is -0.0654 e. The molecule has 0 aromatic rings. The minimum atomic E-state index is 0.993. The van der Waals surface area contributed by atoms with Gasteiger partial charge in [0, 0.05) is 0 Å². The minimum absolute atomic E-state index is 0.993. The monoisotopic (exact) mass is 169 g/mol. The van der Waals surface area contributed by atoms with E-state index in [2.05, 4.69) is 27.2 Å². The molecule has 0 saturated carbocycles. The summed E-state index contributed by atoms with van der Waals surface area (Å²) in [7, 11) is 0. The molecule has 0 saturated heterocycles. The average Bonchev–Trinajstić information content (AvgIpc) is 2.11. The summed E-state index contributed by atoms with van der Waals surface area (Å²) in [6.45, 7) is 6.84. The number of hydrogen-bond acceptors (Lipinski definition) is 0. The Labute approximate surface area is 78.8 Å². The van der Waals surface area contributed by atoms with Gasteiger partial charge in [0.25, 0.3) is 0 Å². The van der Waals surface area contributed by atoms with E-state index in [4.69, 9.17) is 0 Å². The third-order valence-corrected chi connectivity index (χ3v) is 2.61. The van der Waals surface area contributed by atoms with Crippen LogP contribution >= 0.6 is 0 Å². The quantitative estimate of drug-likeness (QED) is 0.466. The van der Waals surface area contributed by atoms with Gasteiger partial charge in [-0.3, -0.25) is 0 Å². The maximum atomic E-state index is 2.41. The molecule has 0 aliphatic heterocycles. The fraction of sp³-hybridized carbons (Fsp3) is 0.917. The molecule has 1 unspecified atom stereocenters. The summed E-state index contributed by atoms with van der Waals surface area (Å²) >= 11 is 0. The van der Waals surface area contributed by atoms with Crippen molar-refractivity contribution >= 4 is 0 Å². The van der Waals surface area contributed by atoms with Gasteiger partial charge in [-0.25, -0.2) is 0 Å². The molecule has 0 fully saturated rings. The summed E-state index contributed by atoms with van der Waals surface area (Å²) in [6, 6.07) is 0. The Balaban J connectivity index is 3.26. The highest BCUT2D eigenvalue weighted by molar-refractivity contribution is 4.65. The van der Waals surface area contributed by atoms with Crippen molar-refractivity contribution in [3.8, 4) is 0 Å². The molecular weight excluding hydrogens is 144 g/mol.